The van der Waals surface area contributed by atoms with Gasteiger partial charge in [0.05, 0.1) is 12.4 Å². The highest BCUT2D eigenvalue weighted by Gasteiger charge is 2.41. The van der Waals surface area contributed by atoms with Crippen LogP contribution < -0.4 is 4.72 Å². The number of aliphatic hydroxyl groups excluding tert-OH is 1. The summed E-state index contributed by atoms with van der Waals surface area (Å²) >= 11 is 0. The quantitative estimate of drug-likeness (QED) is 0.772. The van der Waals surface area contributed by atoms with Crippen LogP contribution in [0.5, 0.6) is 0 Å². The maximum absolute atomic E-state index is 12.2. The van der Waals surface area contributed by atoms with Gasteiger partial charge in [0.2, 0.25) is 10.0 Å². The summed E-state index contributed by atoms with van der Waals surface area (Å²) in [5.74, 6) is 2.07. The summed E-state index contributed by atoms with van der Waals surface area (Å²) in [4.78, 5) is 0. The largest absolute Gasteiger partial charge is 0.392 e. The molecule has 116 valence electrons. The topological polar surface area (TPSA) is 66.4 Å². The first kappa shape index (κ1) is 15.0. The molecule has 2 saturated carbocycles. The van der Waals surface area contributed by atoms with Gasteiger partial charge in [0.1, 0.15) is 0 Å². The van der Waals surface area contributed by atoms with E-state index < -0.39 is 10.0 Å². The van der Waals surface area contributed by atoms with Gasteiger partial charge in [-0.05, 0) is 54.6 Å². The molecule has 2 aliphatic carbocycles. The van der Waals surface area contributed by atoms with E-state index in [-0.39, 0.29) is 12.4 Å². The highest BCUT2D eigenvalue weighted by Crippen LogP contribution is 2.48. The Bertz CT molecular complexity index is 562. The Labute approximate surface area is 126 Å². The molecule has 0 unspecified atom stereocenters. The number of hydrogen-bond donors (Lipinski definition) is 2. The lowest BCUT2D eigenvalue weighted by molar-refractivity contribution is 0.282. The second kappa shape index (κ2) is 6.07. The van der Waals surface area contributed by atoms with Gasteiger partial charge in [-0.15, -0.1) is 0 Å². The van der Waals surface area contributed by atoms with Gasteiger partial charge in [-0.3, -0.25) is 0 Å². The zero-order valence-electron chi connectivity index (χ0n) is 12.2. The molecular formula is C16H23NO3S. The van der Waals surface area contributed by atoms with Crippen LogP contribution in [0.4, 0.5) is 0 Å². The SMILES string of the molecule is O=S(=O)(Cc1ccc(CO)cc1)NCC(C1CC1)C1CC1. The average molecular weight is 309 g/mol. The van der Waals surface area contributed by atoms with Crippen molar-refractivity contribution >= 4 is 10.0 Å². The van der Waals surface area contributed by atoms with E-state index in [9.17, 15) is 8.42 Å². The van der Waals surface area contributed by atoms with Crippen LogP contribution in [0.2, 0.25) is 0 Å². The molecule has 0 spiro atoms. The summed E-state index contributed by atoms with van der Waals surface area (Å²) in [6.45, 7) is 0.585. The minimum Gasteiger partial charge on any atom is -0.392 e. The van der Waals surface area contributed by atoms with E-state index in [1.807, 2.05) is 0 Å². The van der Waals surface area contributed by atoms with Crippen molar-refractivity contribution in [1.82, 2.24) is 4.72 Å². The second-order valence-corrected chi connectivity index (χ2v) is 8.23. The predicted octanol–water partition coefficient (Wildman–Crippen LogP) is 2.03. The van der Waals surface area contributed by atoms with Crippen molar-refractivity contribution in [2.75, 3.05) is 6.54 Å². The summed E-state index contributed by atoms with van der Waals surface area (Å²) in [7, 11) is -3.27. The summed E-state index contributed by atoms with van der Waals surface area (Å²) < 4.78 is 27.2. The first-order chi connectivity index (χ1) is 10.1. The van der Waals surface area contributed by atoms with E-state index in [4.69, 9.17) is 5.11 Å². The van der Waals surface area contributed by atoms with Crippen molar-refractivity contribution in [3.05, 3.63) is 35.4 Å². The third-order valence-electron chi connectivity index (χ3n) is 4.56. The molecule has 3 rings (SSSR count). The van der Waals surface area contributed by atoms with Gasteiger partial charge >= 0.3 is 0 Å². The third kappa shape index (κ3) is 4.28. The van der Waals surface area contributed by atoms with Crippen molar-refractivity contribution in [2.24, 2.45) is 17.8 Å². The molecular weight excluding hydrogens is 286 g/mol. The Morgan fingerprint density at radius 2 is 1.57 bits per heavy atom. The van der Waals surface area contributed by atoms with Crippen LogP contribution in [-0.2, 0) is 22.4 Å². The molecule has 0 aromatic heterocycles. The van der Waals surface area contributed by atoms with E-state index in [2.05, 4.69) is 4.72 Å². The Morgan fingerprint density at radius 3 is 2.05 bits per heavy atom. The fourth-order valence-corrected chi connectivity index (χ4v) is 4.18. The smallest absolute Gasteiger partial charge is 0.215 e. The summed E-state index contributed by atoms with van der Waals surface area (Å²) in [6, 6.07) is 7.07. The molecule has 0 saturated heterocycles. The molecule has 0 heterocycles. The first-order valence-corrected chi connectivity index (χ1v) is 9.38. The molecule has 2 aliphatic rings. The molecule has 0 amide bonds. The summed E-state index contributed by atoms with van der Waals surface area (Å²) in [6.07, 6.45) is 5.08. The van der Waals surface area contributed by atoms with E-state index in [1.54, 1.807) is 24.3 Å². The van der Waals surface area contributed by atoms with Gasteiger partial charge in [-0.25, -0.2) is 13.1 Å². The van der Waals surface area contributed by atoms with Crippen molar-refractivity contribution in [3.8, 4) is 0 Å². The highest BCUT2D eigenvalue weighted by atomic mass is 32.2. The van der Waals surface area contributed by atoms with Gasteiger partial charge in [-0.2, -0.15) is 0 Å². The fraction of sp³-hybridized carbons (Fsp3) is 0.625. The highest BCUT2D eigenvalue weighted by molar-refractivity contribution is 7.88. The molecule has 0 bridgehead atoms. The Morgan fingerprint density at radius 1 is 1.05 bits per heavy atom. The van der Waals surface area contributed by atoms with Crippen molar-refractivity contribution in [2.45, 2.75) is 38.0 Å². The average Bonchev–Trinajstić information content (AvgIpc) is 3.33. The van der Waals surface area contributed by atoms with Gasteiger partial charge in [0, 0.05) is 6.54 Å². The van der Waals surface area contributed by atoms with Crippen LogP contribution >= 0.6 is 0 Å². The van der Waals surface area contributed by atoms with Gasteiger partial charge in [-0.1, -0.05) is 24.3 Å². The molecule has 0 aliphatic heterocycles. The molecule has 0 atom stereocenters. The fourth-order valence-electron chi connectivity index (χ4n) is 3.00. The number of aliphatic hydroxyl groups is 1. The van der Waals surface area contributed by atoms with Crippen LogP contribution in [0, 0.1) is 17.8 Å². The second-order valence-electron chi connectivity index (χ2n) is 6.42. The van der Waals surface area contributed by atoms with Crippen LogP contribution in [0.15, 0.2) is 24.3 Å². The lowest BCUT2D eigenvalue weighted by Crippen LogP contribution is -2.32. The van der Waals surface area contributed by atoms with Gasteiger partial charge in [0.25, 0.3) is 0 Å². The minimum atomic E-state index is -3.27. The maximum Gasteiger partial charge on any atom is 0.215 e. The number of benzene rings is 1. The van der Waals surface area contributed by atoms with E-state index >= 15 is 0 Å². The molecule has 0 radical (unpaired) electrons. The normalized spacial score (nSPS) is 19.1. The van der Waals surface area contributed by atoms with Crippen molar-refractivity contribution in [3.63, 3.8) is 0 Å². The first-order valence-electron chi connectivity index (χ1n) is 7.73. The molecule has 1 aromatic carbocycles. The molecule has 21 heavy (non-hydrogen) atoms. The van der Waals surface area contributed by atoms with Gasteiger partial charge in [0.15, 0.2) is 0 Å². The maximum atomic E-state index is 12.2. The summed E-state index contributed by atoms with van der Waals surface area (Å²) in [5, 5.41) is 8.99. The Hall–Kier alpha value is -0.910. The monoisotopic (exact) mass is 309 g/mol. The van der Waals surface area contributed by atoms with Crippen LogP contribution in [-0.4, -0.2) is 20.1 Å². The Kier molecular flexibility index (Phi) is 4.33. The van der Waals surface area contributed by atoms with E-state index in [0.717, 1.165) is 23.0 Å². The van der Waals surface area contributed by atoms with E-state index in [0.29, 0.717) is 12.5 Å². The standard InChI is InChI=1S/C16H23NO3S/c18-10-12-1-3-13(4-2-12)11-21(19,20)17-9-16(14-5-6-14)15-7-8-15/h1-4,14-18H,5-11H2. The van der Waals surface area contributed by atoms with Crippen LogP contribution in [0.3, 0.4) is 0 Å². The molecule has 4 nitrogen and oxygen atoms in total. The van der Waals surface area contributed by atoms with Crippen molar-refractivity contribution in [1.29, 1.82) is 0 Å². The lowest BCUT2D eigenvalue weighted by atomic mass is 9.99. The van der Waals surface area contributed by atoms with Gasteiger partial charge < -0.3 is 5.11 Å². The van der Waals surface area contributed by atoms with Crippen LogP contribution in [0.1, 0.15) is 36.8 Å². The van der Waals surface area contributed by atoms with E-state index in [1.165, 1.54) is 25.7 Å². The number of sulfonamides is 1. The molecule has 2 N–H and O–H groups in total. The molecule has 2 fully saturated rings. The number of nitrogens with one attached hydrogen (secondary N) is 1. The molecule has 5 heteroatoms. The minimum absolute atomic E-state index is 0.0146. The van der Waals surface area contributed by atoms with Crippen LogP contribution in [0.25, 0.3) is 0 Å². The predicted molar refractivity (Wildman–Crippen MR) is 81.9 cm³/mol. The lowest BCUT2D eigenvalue weighted by Gasteiger charge is -2.16. The van der Waals surface area contributed by atoms with Crippen molar-refractivity contribution < 1.29 is 13.5 Å². The summed E-state index contributed by atoms with van der Waals surface area (Å²) in [5.41, 5.74) is 1.56. The molecule has 1 aromatic rings. The third-order valence-corrected chi connectivity index (χ3v) is 5.88. The Balaban J connectivity index is 1.55. The zero-order valence-corrected chi connectivity index (χ0v) is 13.0. The zero-order chi connectivity index (χ0) is 14.9. The number of rotatable bonds is 8. The number of hydrogen-bond acceptors (Lipinski definition) is 3.